The van der Waals surface area contributed by atoms with Crippen molar-refractivity contribution in [2.24, 2.45) is 11.8 Å². The zero-order valence-electron chi connectivity index (χ0n) is 37.6. The summed E-state index contributed by atoms with van der Waals surface area (Å²) in [5.74, 6) is 0.923. The van der Waals surface area contributed by atoms with Crippen LogP contribution in [0.2, 0.25) is 0 Å². The third kappa shape index (κ3) is 8.45. The van der Waals surface area contributed by atoms with Crippen molar-refractivity contribution in [3.05, 3.63) is 92.7 Å². The Morgan fingerprint density at radius 1 is 0.585 bits per heavy atom. The van der Waals surface area contributed by atoms with Crippen molar-refractivity contribution < 1.29 is 9.59 Å². The van der Waals surface area contributed by atoms with Crippen molar-refractivity contribution in [1.29, 1.82) is 0 Å². The number of hydrogen-bond acceptors (Lipinski definition) is 12. The first-order chi connectivity index (χ1) is 31.5. The van der Waals surface area contributed by atoms with Gasteiger partial charge in [0.15, 0.2) is 0 Å². The molecule has 0 bridgehead atoms. The van der Waals surface area contributed by atoms with Crippen LogP contribution in [0.25, 0.3) is 67.6 Å². The van der Waals surface area contributed by atoms with Gasteiger partial charge < -0.3 is 0 Å². The van der Waals surface area contributed by atoms with Crippen LogP contribution in [0.4, 0.5) is 0 Å². The minimum Gasteiger partial charge on any atom is -0.296 e. The highest BCUT2D eigenvalue weighted by Gasteiger charge is 2.46. The monoisotopic (exact) mass is 972 g/mol. The zero-order valence-corrected chi connectivity index (χ0v) is 42.5. The number of benzene rings is 4. The molecule has 2 aromatic heterocycles. The van der Waals surface area contributed by atoms with Gasteiger partial charge in [-0.25, -0.2) is 0 Å². The Morgan fingerprint density at radius 3 is 1.35 bits per heavy atom. The van der Waals surface area contributed by atoms with Gasteiger partial charge in [-0.15, -0.1) is 0 Å². The number of rotatable bonds is 16. The summed E-state index contributed by atoms with van der Waals surface area (Å²) >= 11 is 15.9. The molecule has 0 N–H and O–H groups in total. The van der Waals surface area contributed by atoms with Crippen molar-refractivity contribution in [3.8, 4) is 33.4 Å². The molecule has 3 aliphatic rings. The Labute approximate surface area is 409 Å². The first-order valence-electron chi connectivity index (χ1n) is 22.7. The third-order valence-corrected chi connectivity index (χ3v) is 17.8. The van der Waals surface area contributed by atoms with E-state index in [1.165, 1.54) is 118 Å². The van der Waals surface area contributed by atoms with Gasteiger partial charge >= 0.3 is 0 Å². The van der Waals surface area contributed by atoms with Crippen LogP contribution in [0, 0.1) is 11.8 Å². The molecule has 2 fully saturated rings. The largest absolute Gasteiger partial charge is 0.296 e. The first-order valence-corrected chi connectivity index (χ1v) is 26.6. The summed E-state index contributed by atoms with van der Waals surface area (Å²) in [6.07, 6.45) is 15.4. The van der Waals surface area contributed by atoms with Crippen molar-refractivity contribution in [2.75, 3.05) is 14.1 Å². The van der Waals surface area contributed by atoms with Gasteiger partial charge in [0.1, 0.15) is 30.7 Å². The van der Waals surface area contributed by atoms with Crippen LogP contribution in [0.5, 0.6) is 0 Å². The normalized spacial score (nSPS) is 19.5. The fraction of sp³-hybridized carbons (Fsp3) is 0.373. The molecule has 6 aromatic rings. The number of aromatic nitrogens is 4. The van der Waals surface area contributed by atoms with Crippen LogP contribution in [-0.2, 0) is 15.0 Å². The van der Waals surface area contributed by atoms with E-state index in [-0.39, 0.29) is 17.2 Å². The highest BCUT2D eigenvalue weighted by molar-refractivity contribution is 8.27. The van der Waals surface area contributed by atoms with Gasteiger partial charge in [-0.3, -0.25) is 19.4 Å². The van der Waals surface area contributed by atoms with E-state index in [0.29, 0.717) is 30.3 Å². The summed E-state index contributed by atoms with van der Waals surface area (Å²) in [6, 6.07) is 22.7. The standard InChI is InChI=1S/C51H52N6O2S6/c1-7-11-13-29(9-3)27-51(28-30(10-4)14-12-8-2)39-23-31(35-19-17-33(43-45(35)54-64-52-43)25-41-47(58)56(5)49(60)62-41)15-21-37(39)38-22-16-32(24-40(38)51)36-20-18-34(44-46(36)55-65-53-44)26-42-48(59)57(6)50(61)63-42/h15-26,29-30H,7-14,27-28H2,1-6H3/b41-25-,42-26+. The molecule has 65 heavy (non-hydrogen) atoms. The van der Waals surface area contributed by atoms with Gasteiger partial charge in [0, 0.05) is 41.8 Å². The highest BCUT2D eigenvalue weighted by Crippen LogP contribution is 2.58. The summed E-state index contributed by atoms with van der Waals surface area (Å²) < 4.78 is 20.4. The number of thiocarbonyl (C=S) groups is 2. The number of carbonyl (C=O) groups is 2. The van der Waals surface area contributed by atoms with E-state index in [2.05, 4.69) is 88.4 Å². The highest BCUT2D eigenvalue weighted by atomic mass is 32.2. The average molecular weight is 973 g/mol. The predicted molar refractivity (Wildman–Crippen MR) is 283 cm³/mol. The van der Waals surface area contributed by atoms with Gasteiger partial charge in [-0.1, -0.05) is 176 Å². The van der Waals surface area contributed by atoms with Crippen LogP contribution in [-0.4, -0.2) is 61.8 Å². The molecular formula is C51H52N6O2S6. The topological polar surface area (TPSA) is 92.2 Å². The van der Waals surface area contributed by atoms with Gasteiger partial charge in [-0.2, -0.15) is 17.5 Å². The Bertz CT molecular complexity index is 2750. The van der Waals surface area contributed by atoms with E-state index < -0.39 is 0 Å². The predicted octanol–water partition coefficient (Wildman–Crippen LogP) is 14.2. The molecule has 334 valence electrons. The number of unbranched alkanes of at least 4 members (excludes halogenated alkanes) is 2. The molecule has 2 aliphatic heterocycles. The lowest BCUT2D eigenvalue weighted by Crippen LogP contribution is -2.31. The second-order valence-electron chi connectivity index (χ2n) is 17.7. The molecule has 9 rings (SSSR count). The average Bonchev–Trinajstić information content (AvgIpc) is 4.15. The van der Waals surface area contributed by atoms with Crippen molar-refractivity contribution >= 4 is 126 Å². The number of hydrogen-bond donors (Lipinski definition) is 0. The molecule has 2 amide bonds. The summed E-state index contributed by atoms with van der Waals surface area (Å²) in [4.78, 5) is 30.2. The Kier molecular flexibility index (Phi) is 13.6. The Balaban J connectivity index is 1.20. The van der Waals surface area contributed by atoms with Crippen LogP contribution >= 0.6 is 71.4 Å². The molecule has 0 radical (unpaired) electrons. The maximum absolute atomic E-state index is 13.0. The molecule has 0 spiro atoms. The molecule has 2 atom stereocenters. The van der Waals surface area contributed by atoms with Crippen LogP contribution in [0.3, 0.4) is 0 Å². The zero-order chi connectivity index (χ0) is 45.6. The van der Waals surface area contributed by atoms with Crippen molar-refractivity contribution in [1.82, 2.24) is 27.3 Å². The maximum atomic E-state index is 13.0. The molecule has 14 heteroatoms. The fourth-order valence-corrected chi connectivity index (χ4v) is 13.6. The quantitative estimate of drug-likeness (QED) is 0.0690. The lowest BCUT2D eigenvalue weighted by molar-refractivity contribution is -0.122. The Morgan fingerprint density at radius 2 is 0.985 bits per heavy atom. The smallest absolute Gasteiger partial charge is 0.265 e. The molecule has 0 saturated carbocycles. The fourth-order valence-electron chi connectivity index (χ4n) is 10.1. The van der Waals surface area contributed by atoms with Crippen LogP contribution in [0.1, 0.15) is 114 Å². The van der Waals surface area contributed by atoms with Gasteiger partial charge in [0.2, 0.25) is 0 Å². The number of amides is 2. The third-order valence-electron chi connectivity index (χ3n) is 13.8. The van der Waals surface area contributed by atoms with Gasteiger partial charge in [0.05, 0.1) is 33.3 Å². The van der Waals surface area contributed by atoms with Crippen LogP contribution < -0.4 is 0 Å². The lowest BCUT2D eigenvalue weighted by Gasteiger charge is -2.39. The summed E-state index contributed by atoms with van der Waals surface area (Å²) in [6.45, 7) is 9.37. The molecule has 4 aromatic carbocycles. The molecule has 1 aliphatic carbocycles. The summed E-state index contributed by atoms with van der Waals surface area (Å²) in [5.41, 5.74) is 14.5. The number of likely N-dealkylation sites (N-methyl/N-ethyl adjacent to an activating group) is 2. The van der Waals surface area contributed by atoms with Gasteiger partial charge in [-0.05, 0) is 82.3 Å². The SMILES string of the molecule is CCCCC(CC)CC1(CC(CC)CCCC)c2cc(-c3ccc(/C=C4\SC(=S)N(C)C4=O)c4nsnc34)ccc2-c2ccc(-c3ccc(/C=C4/SC(=S)N(C)C4=O)c4nsnc34)cc21. The van der Waals surface area contributed by atoms with E-state index in [9.17, 15) is 9.59 Å². The number of nitrogens with zero attached hydrogens (tertiary/aromatic N) is 6. The van der Waals surface area contributed by atoms with E-state index in [1.807, 2.05) is 12.2 Å². The number of thioether (sulfide) groups is 2. The summed E-state index contributed by atoms with van der Waals surface area (Å²) in [5, 5.41) is 0. The molecule has 2 saturated heterocycles. The lowest BCUT2D eigenvalue weighted by atomic mass is 9.64. The van der Waals surface area contributed by atoms with Crippen molar-refractivity contribution in [2.45, 2.75) is 97.3 Å². The maximum Gasteiger partial charge on any atom is 0.265 e. The second kappa shape index (κ2) is 19.2. The van der Waals surface area contributed by atoms with E-state index in [4.69, 9.17) is 41.9 Å². The number of carbonyl (C=O) groups excluding carboxylic acids is 2. The molecule has 8 nitrogen and oxygen atoms in total. The molecule has 4 heterocycles. The van der Waals surface area contributed by atoms with Crippen LogP contribution in [0.15, 0.2) is 70.5 Å². The van der Waals surface area contributed by atoms with E-state index >= 15 is 0 Å². The van der Waals surface area contributed by atoms with E-state index in [0.717, 1.165) is 81.1 Å². The first kappa shape index (κ1) is 46.0. The molecular weight excluding hydrogens is 921 g/mol. The minimum atomic E-state index is -0.234. The van der Waals surface area contributed by atoms with Gasteiger partial charge in [0.25, 0.3) is 11.8 Å². The minimum absolute atomic E-state index is 0.0935. The summed E-state index contributed by atoms with van der Waals surface area (Å²) in [7, 11) is 3.44. The molecule has 2 unspecified atom stereocenters. The second-order valence-corrected chi connectivity index (χ2v) is 22.1. The number of fused-ring (bicyclic) bond motifs is 5. The van der Waals surface area contributed by atoms with E-state index in [1.54, 1.807) is 14.1 Å². The van der Waals surface area contributed by atoms with Crippen molar-refractivity contribution in [3.63, 3.8) is 0 Å². The Hall–Kier alpha value is -4.18.